The predicted octanol–water partition coefficient (Wildman–Crippen LogP) is 1.97. The fourth-order valence-electron chi connectivity index (χ4n) is 3.30. The summed E-state index contributed by atoms with van der Waals surface area (Å²) in [7, 11) is 0. The summed E-state index contributed by atoms with van der Waals surface area (Å²) >= 11 is 1.56. The maximum atomic E-state index is 11.4. The Labute approximate surface area is 114 Å². The zero-order valence-electron chi connectivity index (χ0n) is 10.5. The standard InChI is InChI=1S/C13H15N3O2S/c17-8-10-12(14-13-16(10)5-7-19-13)15-4-6-18-11-3-1-2-9(11)15/h5,7-9,11H,1-4,6H2. The smallest absolute Gasteiger partial charge is 0.196 e. The zero-order chi connectivity index (χ0) is 12.8. The molecular weight excluding hydrogens is 262 g/mol. The SMILES string of the molecule is O=Cc1c(N2CCOC3CCCC32)nc2sccn12. The molecule has 19 heavy (non-hydrogen) atoms. The molecule has 0 amide bonds. The Morgan fingerprint density at radius 2 is 2.42 bits per heavy atom. The van der Waals surface area contributed by atoms with Crippen LogP contribution in [0.15, 0.2) is 11.6 Å². The fourth-order valence-corrected chi connectivity index (χ4v) is 4.02. The Morgan fingerprint density at radius 3 is 3.32 bits per heavy atom. The van der Waals surface area contributed by atoms with E-state index in [1.165, 1.54) is 6.42 Å². The summed E-state index contributed by atoms with van der Waals surface area (Å²) in [6.45, 7) is 1.55. The molecule has 2 atom stereocenters. The van der Waals surface area contributed by atoms with Gasteiger partial charge in [0.2, 0.25) is 0 Å². The zero-order valence-corrected chi connectivity index (χ0v) is 11.3. The number of aldehydes is 1. The molecule has 0 bridgehead atoms. The molecule has 0 spiro atoms. The maximum Gasteiger partial charge on any atom is 0.196 e. The summed E-state index contributed by atoms with van der Waals surface area (Å²) in [6, 6.07) is 0.386. The summed E-state index contributed by atoms with van der Waals surface area (Å²) in [5.74, 6) is 0.835. The van der Waals surface area contributed by atoms with Crippen molar-refractivity contribution in [1.82, 2.24) is 9.38 Å². The number of thiazole rings is 1. The molecular formula is C13H15N3O2S. The summed E-state index contributed by atoms with van der Waals surface area (Å²) in [5.41, 5.74) is 0.670. The Morgan fingerprint density at radius 1 is 1.47 bits per heavy atom. The number of imidazole rings is 1. The number of fused-ring (bicyclic) bond motifs is 2. The number of carbonyl (C=O) groups is 1. The van der Waals surface area contributed by atoms with Gasteiger partial charge in [0.15, 0.2) is 17.1 Å². The lowest BCUT2D eigenvalue weighted by Crippen LogP contribution is -2.49. The highest BCUT2D eigenvalue weighted by Crippen LogP contribution is 2.34. The summed E-state index contributed by atoms with van der Waals surface area (Å²) < 4.78 is 7.70. The van der Waals surface area contributed by atoms with Crippen LogP contribution in [-0.2, 0) is 4.74 Å². The molecule has 2 unspecified atom stereocenters. The van der Waals surface area contributed by atoms with Crippen LogP contribution in [0.25, 0.3) is 4.96 Å². The first-order valence-electron chi connectivity index (χ1n) is 6.67. The average molecular weight is 277 g/mol. The first-order chi connectivity index (χ1) is 9.38. The molecule has 2 fully saturated rings. The van der Waals surface area contributed by atoms with Crippen molar-refractivity contribution in [1.29, 1.82) is 0 Å². The van der Waals surface area contributed by atoms with E-state index in [1.807, 2.05) is 16.0 Å². The molecule has 2 aliphatic rings. The van der Waals surface area contributed by atoms with E-state index in [0.717, 1.165) is 43.1 Å². The van der Waals surface area contributed by atoms with Gasteiger partial charge in [-0.15, -0.1) is 11.3 Å². The predicted molar refractivity (Wildman–Crippen MR) is 73.2 cm³/mol. The van der Waals surface area contributed by atoms with Gasteiger partial charge in [0.1, 0.15) is 5.69 Å². The normalized spacial score (nSPS) is 26.8. The van der Waals surface area contributed by atoms with Crippen molar-refractivity contribution in [3.63, 3.8) is 0 Å². The number of anilines is 1. The highest BCUT2D eigenvalue weighted by atomic mass is 32.1. The number of morpholine rings is 1. The van der Waals surface area contributed by atoms with Crippen molar-refractivity contribution in [2.75, 3.05) is 18.1 Å². The van der Waals surface area contributed by atoms with Crippen LogP contribution >= 0.6 is 11.3 Å². The minimum atomic E-state index is 0.313. The molecule has 1 aliphatic heterocycles. The molecule has 0 aromatic carbocycles. The van der Waals surface area contributed by atoms with Gasteiger partial charge in [0, 0.05) is 18.1 Å². The average Bonchev–Trinajstić information content (AvgIpc) is 3.12. The Bertz CT molecular complexity index is 620. The molecule has 1 saturated carbocycles. The molecule has 6 heteroatoms. The van der Waals surface area contributed by atoms with Gasteiger partial charge in [-0.05, 0) is 19.3 Å². The summed E-state index contributed by atoms with van der Waals surface area (Å²) in [6.07, 6.45) is 6.60. The monoisotopic (exact) mass is 277 g/mol. The van der Waals surface area contributed by atoms with Crippen LogP contribution in [0.2, 0.25) is 0 Å². The second-order valence-electron chi connectivity index (χ2n) is 5.09. The lowest BCUT2D eigenvalue weighted by molar-refractivity contribution is 0.0253. The topological polar surface area (TPSA) is 46.8 Å². The number of ether oxygens (including phenoxy) is 1. The van der Waals surface area contributed by atoms with Crippen molar-refractivity contribution in [2.24, 2.45) is 0 Å². The second-order valence-corrected chi connectivity index (χ2v) is 5.97. The van der Waals surface area contributed by atoms with Gasteiger partial charge in [0.25, 0.3) is 0 Å². The van der Waals surface area contributed by atoms with Gasteiger partial charge in [-0.1, -0.05) is 0 Å². The van der Waals surface area contributed by atoms with Crippen molar-refractivity contribution in [3.05, 3.63) is 17.3 Å². The van der Waals surface area contributed by atoms with E-state index in [9.17, 15) is 4.79 Å². The van der Waals surface area contributed by atoms with Crippen LogP contribution in [0.3, 0.4) is 0 Å². The van der Waals surface area contributed by atoms with E-state index < -0.39 is 0 Å². The van der Waals surface area contributed by atoms with Crippen LogP contribution in [0.4, 0.5) is 5.82 Å². The molecule has 1 aliphatic carbocycles. The number of hydrogen-bond donors (Lipinski definition) is 0. The van der Waals surface area contributed by atoms with E-state index in [1.54, 1.807) is 11.3 Å². The minimum Gasteiger partial charge on any atom is -0.374 e. The first kappa shape index (κ1) is 11.4. The number of carbonyl (C=O) groups excluding carboxylic acids is 1. The quantitative estimate of drug-likeness (QED) is 0.787. The molecule has 2 aromatic rings. The van der Waals surface area contributed by atoms with Gasteiger partial charge in [-0.2, -0.15) is 0 Å². The third-order valence-corrected chi connectivity index (χ3v) is 4.90. The van der Waals surface area contributed by atoms with Gasteiger partial charge < -0.3 is 9.64 Å². The summed E-state index contributed by atoms with van der Waals surface area (Å²) in [4.78, 5) is 19.2. The van der Waals surface area contributed by atoms with Gasteiger partial charge in [-0.25, -0.2) is 4.98 Å². The first-order valence-corrected chi connectivity index (χ1v) is 7.55. The van der Waals surface area contributed by atoms with Crippen molar-refractivity contribution in [3.8, 4) is 0 Å². The number of aromatic nitrogens is 2. The molecule has 100 valence electrons. The fraction of sp³-hybridized carbons (Fsp3) is 0.538. The van der Waals surface area contributed by atoms with Crippen molar-refractivity contribution in [2.45, 2.75) is 31.4 Å². The summed E-state index contributed by atoms with van der Waals surface area (Å²) in [5, 5.41) is 1.96. The van der Waals surface area contributed by atoms with Gasteiger partial charge >= 0.3 is 0 Å². The van der Waals surface area contributed by atoms with Crippen molar-refractivity contribution < 1.29 is 9.53 Å². The third kappa shape index (κ3) is 1.63. The lowest BCUT2D eigenvalue weighted by atomic mass is 10.1. The van der Waals surface area contributed by atoms with E-state index >= 15 is 0 Å². The Hall–Kier alpha value is -1.40. The van der Waals surface area contributed by atoms with Crippen LogP contribution < -0.4 is 4.90 Å². The highest BCUT2D eigenvalue weighted by molar-refractivity contribution is 7.15. The lowest BCUT2D eigenvalue weighted by Gasteiger charge is -2.38. The van der Waals surface area contributed by atoms with Crippen molar-refractivity contribution >= 4 is 28.4 Å². The van der Waals surface area contributed by atoms with E-state index in [0.29, 0.717) is 17.8 Å². The Balaban J connectivity index is 1.80. The Kier molecular flexibility index (Phi) is 2.60. The molecule has 5 nitrogen and oxygen atoms in total. The molecule has 0 N–H and O–H groups in total. The van der Waals surface area contributed by atoms with Gasteiger partial charge in [0.05, 0.1) is 18.8 Å². The second kappa shape index (κ2) is 4.31. The van der Waals surface area contributed by atoms with Crippen LogP contribution in [0, 0.1) is 0 Å². The maximum absolute atomic E-state index is 11.4. The van der Waals surface area contributed by atoms with E-state index in [-0.39, 0.29) is 0 Å². The molecule has 2 aromatic heterocycles. The van der Waals surface area contributed by atoms with Crippen LogP contribution in [0.1, 0.15) is 29.8 Å². The number of nitrogens with zero attached hydrogens (tertiary/aromatic N) is 3. The molecule has 1 saturated heterocycles. The van der Waals surface area contributed by atoms with Crippen LogP contribution in [0.5, 0.6) is 0 Å². The van der Waals surface area contributed by atoms with E-state index in [4.69, 9.17) is 4.74 Å². The number of hydrogen-bond acceptors (Lipinski definition) is 5. The minimum absolute atomic E-state index is 0.313. The molecule has 0 radical (unpaired) electrons. The third-order valence-electron chi connectivity index (χ3n) is 4.15. The van der Waals surface area contributed by atoms with E-state index in [2.05, 4.69) is 9.88 Å². The highest BCUT2D eigenvalue weighted by Gasteiger charge is 2.38. The molecule has 3 heterocycles. The van der Waals surface area contributed by atoms with Gasteiger partial charge in [-0.3, -0.25) is 9.20 Å². The largest absolute Gasteiger partial charge is 0.374 e. The molecule has 4 rings (SSSR count). The van der Waals surface area contributed by atoms with Crippen LogP contribution in [-0.4, -0.2) is 41.0 Å². The number of rotatable bonds is 2.